The number of hydrogen-bond donors (Lipinski definition) is 1. The number of fused-ring (bicyclic) bond motifs is 3. The van der Waals surface area contributed by atoms with Gasteiger partial charge in [-0.15, -0.1) is 11.3 Å². The quantitative estimate of drug-likeness (QED) is 0.438. The van der Waals surface area contributed by atoms with Crippen molar-refractivity contribution in [2.24, 2.45) is 0 Å². The van der Waals surface area contributed by atoms with Crippen molar-refractivity contribution >= 4 is 33.3 Å². The Hall–Kier alpha value is -2.81. The lowest BCUT2D eigenvalue weighted by molar-refractivity contribution is -0.126. The molecule has 3 heterocycles. The van der Waals surface area contributed by atoms with Gasteiger partial charge >= 0.3 is 0 Å². The number of rotatable bonds is 10. The number of benzene rings is 1. The van der Waals surface area contributed by atoms with E-state index in [1.807, 2.05) is 29.2 Å². The summed E-state index contributed by atoms with van der Waals surface area (Å²) in [4.78, 5) is 28.3. The molecule has 34 heavy (non-hydrogen) atoms. The first-order valence-corrected chi connectivity index (χ1v) is 12.7. The number of nitrogens with zero attached hydrogens (tertiary/aromatic N) is 4. The number of carbonyl (C=O) groups excluding carboxylic acids is 1. The molecule has 180 valence electrons. The Bertz CT molecular complexity index is 1130. The van der Waals surface area contributed by atoms with Crippen molar-refractivity contribution in [3.05, 3.63) is 64.8 Å². The van der Waals surface area contributed by atoms with E-state index in [2.05, 4.69) is 46.2 Å². The van der Waals surface area contributed by atoms with Gasteiger partial charge in [0.15, 0.2) is 0 Å². The summed E-state index contributed by atoms with van der Waals surface area (Å²) in [5.41, 5.74) is 2.40. The number of hydrogen-bond acceptors (Lipinski definition) is 7. The lowest BCUT2D eigenvalue weighted by Gasteiger charge is -2.26. The van der Waals surface area contributed by atoms with Crippen molar-refractivity contribution in [1.82, 2.24) is 19.8 Å². The van der Waals surface area contributed by atoms with Crippen LogP contribution in [0, 0.1) is 0 Å². The van der Waals surface area contributed by atoms with E-state index in [9.17, 15) is 4.79 Å². The second-order valence-corrected chi connectivity index (χ2v) is 9.45. The molecule has 4 rings (SSSR count). The van der Waals surface area contributed by atoms with Crippen LogP contribution in [-0.2, 0) is 22.5 Å². The fourth-order valence-corrected chi connectivity index (χ4v) is 5.56. The molecule has 7 nitrogen and oxygen atoms in total. The summed E-state index contributed by atoms with van der Waals surface area (Å²) < 4.78 is 5.48. The van der Waals surface area contributed by atoms with Crippen LogP contribution in [-0.4, -0.2) is 65.6 Å². The summed E-state index contributed by atoms with van der Waals surface area (Å²) in [7, 11) is 1.71. The molecule has 3 aromatic rings. The number of nitrogens with one attached hydrogen (secondary N) is 1. The summed E-state index contributed by atoms with van der Waals surface area (Å²) in [6, 6.07) is 10.2. The first-order chi connectivity index (χ1) is 16.6. The van der Waals surface area contributed by atoms with Crippen LogP contribution in [0.3, 0.4) is 0 Å². The van der Waals surface area contributed by atoms with Crippen LogP contribution in [0.4, 0.5) is 5.82 Å². The summed E-state index contributed by atoms with van der Waals surface area (Å²) in [5.74, 6) is 0.899. The number of likely N-dealkylation sites (N-methyl/N-ethyl adjacent to an activating group) is 1. The van der Waals surface area contributed by atoms with E-state index in [-0.39, 0.29) is 11.9 Å². The first-order valence-electron chi connectivity index (χ1n) is 11.9. The van der Waals surface area contributed by atoms with Gasteiger partial charge in [-0.2, -0.15) is 0 Å². The second kappa shape index (κ2) is 11.6. The number of ether oxygens (including phenoxy) is 1. The second-order valence-electron chi connectivity index (χ2n) is 8.37. The lowest BCUT2D eigenvalue weighted by atomic mass is 10.0. The average molecular weight is 480 g/mol. The Labute approximate surface area is 205 Å². The lowest BCUT2D eigenvalue weighted by Crippen LogP contribution is -2.34. The summed E-state index contributed by atoms with van der Waals surface area (Å²) >= 11 is 1.66. The third-order valence-electron chi connectivity index (χ3n) is 6.31. The van der Waals surface area contributed by atoms with Gasteiger partial charge in [0.1, 0.15) is 17.0 Å². The molecule has 1 amide bonds. The van der Waals surface area contributed by atoms with Gasteiger partial charge in [0.05, 0.1) is 24.6 Å². The summed E-state index contributed by atoms with van der Waals surface area (Å²) in [6.45, 7) is 8.88. The Morgan fingerprint density at radius 3 is 2.79 bits per heavy atom. The third-order valence-corrected chi connectivity index (χ3v) is 7.44. The molecule has 1 aliphatic rings. The molecule has 0 saturated heterocycles. The zero-order valence-electron chi connectivity index (χ0n) is 20.2. The Morgan fingerprint density at radius 2 is 2.06 bits per heavy atom. The van der Waals surface area contributed by atoms with Crippen molar-refractivity contribution in [2.75, 3.05) is 45.2 Å². The minimum atomic E-state index is -0.0162. The topological polar surface area (TPSA) is 70.6 Å². The number of thiophene rings is 1. The van der Waals surface area contributed by atoms with E-state index in [1.54, 1.807) is 30.8 Å². The smallest absolute Gasteiger partial charge is 0.246 e. The predicted octanol–water partition coefficient (Wildman–Crippen LogP) is 4.27. The van der Waals surface area contributed by atoms with Gasteiger partial charge in [0.25, 0.3) is 0 Å². The molecule has 1 N–H and O–H groups in total. The molecule has 0 radical (unpaired) electrons. The normalized spacial score (nSPS) is 14.6. The van der Waals surface area contributed by atoms with Crippen molar-refractivity contribution < 1.29 is 9.53 Å². The first kappa shape index (κ1) is 24.3. The predicted molar refractivity (Wildman–Crippen MR) is 138 cm³/mol. The maximum Gasteiger partial charge on any atom is 0.246 e. The molecule has 8 heteroatoms. The monoisotopic (exact) mass is 479 g/mol. The molecule has 1 aromatic carbocycles. The van der Waals surface area contributed by atoms with Gasteiger partial charge in [0.2, 0.25) is 5.91 Å². The van der Waals surface area contributed by atoms with Crippen LogP contribution < -0.4 is 5.32 Å². The van der Waals surface area contributed by atoms with Gasteiger partial charge in [-0.25, -0.2) is 9.97 Å². The summed E-state index contributed by atoms with van der Waals surface area (Å²) in [5, 5.41) is 4.67. The van der Waals surface area contributed by atoms with Crippen molar-refractivity contribution in [1.29, 1.82) is 0 Å². The largest absolute Gasteiger partial charge is 0.382 e. The highest BCUT2D eigenvalue weighted by Gasteiger charge is 2.26. The van der Waals surface area contributed by atoms with Crippen molar-refractivity contribution in [3.8, 4) is 0 Å². The van der Waals surface area contributed by atoms with E-state index in [1.165, 1.54) is 10.4 Å². The van der Waals surface area contributed by atoms with Gasteiger partial charge in [-0.3, -0.25) is 4.79 Å². The van der Waals surface area contributed by atoms with Crippen molar-refractivity contribution in [3.63, 3.8) is 0 Å². The Kier molecular flexibility index (Phi) is 8.26. The minimum Gasteiger partial charge on any atom is -0.382 e. The van der Waals surface area contributed by atoms with Crippen molar-refractivity contribution in [2.45, 2.75) is 32.9 Å². The highest BCUT2D eigenvalue weighted by molar-refractivity contribution is 7.19. The molecule has 1 aliphatic heterocycles. The summed E-state index contributed by atoms with van der Waals surface area (Å²) in [6.07, 6.45) is 6.11. The maximum absolute atomic E-state index is 12.8. The van der Waals surface area contributed by atoms with E-state index < -0.39 is 0 Å². The SMILES string of the molecule is CCN(CC)CC=CC(=O)N1CCc2c(sc3ncnc(NC(COC)c4ccccc4)c23)C1. The molecular formula is C26H33N5O2S. The fraction of sp³-hybridized carbons (Fsp3) is 0.423. The van der Waals surface area contributed by atoms with Gasteiger partial charge in [-0.1, -0.05) is 50.3 Å². The average Bonchev–Trinajstić information content (AvgIpc) is 3.25. The molecule has 0 fully saturated rings. The van der Waals surface area contributed by atoms with Gasteiger partial charge in [-0.05, 0) is 30.6 Å². The standard InChI is InChI=1S/C26H33N5O2S/c1-4-30(5-2)14-9-12-23(32)31-15-13-20-22(16-31)34-26-24(20)25(27-18-28-26)29-21(17-33-3)19-10-7-6-8-11-19/h6-12,18,21H,4-5,13-17H2,1-3H3,(H,27,28,29). The van der Waals surface area contributed by atoms with E-state index in [0.29, 0.717) is 19.7 Å². The Morgan fingerprint density at radius 1 is 1.26 bits per heavy atom. The van der Waals surface area contributed by atoms with Crippen LogP contribution in [0.5, 0.6) is 0 Å². The molecular weight excluding hydrogens is 446 g/mol. The number of amides is 1. The van der Waals surface area contributed by atoms with E-state index in [4.69, 9.17) is 4.74 Å². The van der Waals surface area contributed by atoms with Crippen LogP contribution in [0.2, 0.25) is 0 Å². The Balaban J connectivity index is 1.53. The number of carbonyl (C=O) groups is 1. The van der Waals surface area contributed by atoms with Gasteiger partial charge in [0, 0.05) is 31.2 Å². The molecule has 0 aliphatic carbocycles. The fourth-order valence-electron chi connectivity index (χ4n) is 4.35. The highest BCUT2D eigenvalue weighted by atomic mass is 32.1. The molecule has 0 spiro atoms. The van der Waals surface area contributed by atoms with Crippen LogP contribution in [0.25, 0.3) is 10.2 Å². The van der Waals surface area contributed by atoms with E-state index in [0.717, 1.165) is 47.7 Å². The molecule has 1 atom stereocenters. The maximum atomic E-state index is 12.8. The van der Waals surface area contributed by atoms with Gasteiger partial charge < -0.3 is 19.9 Å². The zero-order valence-corrected chi connectivity index (χ0v) is 21.0. The highest BCUT2D eigenvalue weighted by Crippen LogP contribution is 2.38. The third kappa shape index (κ3) is 5.46. The molecule has 0 bridgehead atoms. The zero-order chi connectivity index (χ0) is 23.9. The number of anilines is 1. The molecule has 0 saturated carbocycles. The van der Waals surface area contributed by atoms with Crippen LogP contribution >= 0.6 is 11.3 Å². The number of aromatic nitrogens is 2. The van der Waals surface area contributed by atoms with E-state index >= 15 is 0 Å². The number of methoxy groups -OCH3 is 1. The van der Waals surface area contributed by atoms with Crippen LogP contribution in [0.1, 0.15) is 35.9 Å². The minimum absolute atomic E-state index is 0.0162. The van der Waals surface area contributed by atoms with Crippen LogP contribution in [0.15, 0.2) is 48.8 Å². The molecule has 2 aromatic heterocycles. The molecule has 1 unspecified atom stereocenters.